The molecule has 19 heavy (non-hydrogen) atoms. The summed E-state index contributed by atoms with van der Waals surface area (Å²) in [7, 11) is 0. The highest BCUT2D eigenvalue weighted by atomic mass is 16.5. The van der Waals surface area contributed by atoms with Gasteiger partial charge in [-0.15, -0.1) is 0 Å². The van der Waals surface area contributed by atoms with E-state index >= 15 is 0 Å². The van der Waals surface area contributed by atoms with Crippen molar-refractivity contribution in [2.45, 2.75) is 25.0 Å². The van der Waals surface area contributed by atoms with Crippen LogP contribution in [-0.4, -0.2) is 87.7 Å². The summed E-state index contributed by atoms with van der Waals surface area (Å²) in [4.78, 5) is 4.95. The van der Waals surface area contributed by atoms with Crippen molar-refractivity contribution in [1.82, 2.24) is 9.80 Å². The van der Waals surface area contributed by atoms with Gasteiger partial charge in [-0.1, -0.05) is 0 Å². The fourth-order valence-corrected chi connectivity index (χ4v) is 3.19. The Morgan fingerprint density at radius 2 is 1.11 bits per heavy atom. The Morgan fingerprint density at radius 1 is 0.684 bits per heavy atom. The highest BCUT2D eigenvalue weighted by Crippen LogP contribution is 2.22. The maximum absolute atomic E-state index is 6.20. The molecule has 0 saturated carbocycles. The highest BCUT2D eigenvalue weighted by molar-refractivity contribution is 4.80. The predicted molar refractivity (Wildman–Crippen MR) is 72.4 cm³/mol. The summed E-state index contributed by atoms with van der Waals surface area (Å²) in [6.45, 7) is 9.94. The summed E-state index contributed by atoms with van der Waals surface area (Å²) in [6.07, 6.45) is 3.30. The summed E-state index contributed by atoms with van der Waals surface area (Å²) in [5.74, 6) is 0. The molecule has 0 N–H and O–H groups in total. The lowest BCUT2D eigenvalue weighted by Crippen LogP contribution is -2.42. The smallest absolute Gasteiger partial charge is 0.0707 e. The molecule has 3 fully saturated rings. The van der Waals surface area contributed by atoms with Gasteiger partial charge in [0.1, 0.15) is 0 Å². The van der Waals surface area contributed by atoms with E-state index in [2.05, 4.69) is 9.80 Å². The molecule has 0 amide bonds. The largest absolute Gasteiger partial charge is 0.379 e. The number of rotatable bonds is 4. The molecule has 0 spiro atoms. The van der Waals surface area contributed by atoms with Gasteiger partial charge in [-0.25, -0.2) is 0 Å². The maximum Gasteiger partial charge on any atom is 0.0707 e. The van der Waals surface area contributed by atoms with Gasteiger partial charge >= 0.3 is 0 Å². The Bertz CT molecular complexity index is 239. The van der Waals surface area contributed by atoms with Crippen molar-refractivity contribution in [3.63, 3.8) is 0 Å². The first kappa shape index (κ1) is 13.8. The zero-order valence-corrected chi connectivity index (χ0v) is 11.8. The van der Waals surface area contributed by atoms with Crippen LogP contribution in [0.25, 0.3) is 0 Å². The third-order valence-electron chi connectivity index (χ3n) is 4.33. The molecule has 5 heteroatoms. The third-order valence-corrected chi connectivity index (χ3v) is 4.33. The Morgan fingerprint density at radius 3 is 1.53 bits per heavy atom. The zero-order chi connectivity index (χ0) is 12.9. The second-order valence-corrected chi connectivity index (χ2v) is 5.78. The van der Waals surface area contributed by atoms with E-state index in [1.54, 1.807) is 0 Å². The molecule has 3 heterocycles. The molecule has 0 aromatic heterocycles. The molecule has 3 aliphatic heterocycles. The van der Waals surface area contributed by atoms with Crippen LogP contribution in [0.3, 0.4) is 0 Å². The lowest BCUT2D eigenvalue weighted by Gasteiger charge is -2.30. The van der Waals surface area contributed by atoms with Crippen LogP contribution in [0.1, 0.15) is 12.8 Å². The lowest BCUT2D eigenvalue weighted by molar-refractivity contribution is -0.0311. The molecule has 0 unspecified atom stereocenters. The second kappa shape index (κ2) is 6.99. The number of morpholine rings is 2. The van der Waals surface area contributed by atoms with Crippen LogP contribution in [0.4, 0.5) is 0 Å². The fourth-order valence-electron chi connectivity index (χ4n) is 3.19. The van der Waals surface area contributed by atoms with Crippen LogP contribution < -0.4 is 0 Å². The van der Waals surface area contributed by atoms with Gasteiger partial charge in [0.05, 0.1) is 38.6 Å². The van der Waals surface area contributed by atoms with E-state index in [0.717, 1.165) is 65.7 Å². The molecule has 0 aliphatic carbocycles. The number of hydrogen-bond donors (Lipinski definition) is 0. The van der Waals surface area contributed by atoms with E-state index in [-0.39, 0.29) is 0 Å². The predicted octanol–water partition coefficient (Wildman–Crippen LogP) is 0.198. The molecule has 2 atom stereocenters. The van der Waals surface area contributed by atoms with E-state index in [9.17, 15) is 0 Å². The Kier molecular flexibility index (Phi) is 5.07. The maximum atomic E-state index is 6.20. The van der Waals surface area contributed by atoms with E-state index in [1.807, 2.05) is 0 Å². The normalized spacial score (nSPS) is 34.7. The van der Waals surface area contributed by atoms with Gasteiger partial charge in [-0.2, -0.15) is 0 Å². The number of ether oxygens (including phenoxy) is 3. The molecule has 5 nitrogen and oxygen atoms in total. The zero-order valence-electron chi connectivity index (χ0n) is 11.8. The molecule has 0 bridgehead atoms. The van der Waals surface area contributed by atoms with E-state index < -0.39 is 0 Å². The van der Waals surface area contributed by atoms with Crippen molar-refractivity contribution in [2.24, 2.45) is 0 Å². The molecule has 3 aliphatic rings. The summed E-state index contributed by atoms with van der Waals surface area (Å²) >= 11 is 0. The van der Waals surface area contributed by atoms with Crippen LogP contribution in [0.5, 0.6) is 0 Å². The van der Waals surface area contributed by atoms with Gasteiger partial charge < -0.3 is 14.2 Å². The average Bonchev–Trinajstić information content (AvgIpc) is 2.88. The van der Waals surface area contributed by atoms with Gasteiger partial charge in [0.15, 0.2) is 0 Å². The molecule has 0 aromatic rings. The minimum Gasteiger partial charge on any atom is -0.379 e. The Hall–Kier alpha value is -0.200. The molecule has 0 aromatic carbocycles. The molecule has 0 radical (unpaired) electrons. The molecule has 3 rings (SSSR count). The standard InChI is InChI=1S/C14H26N2O3/c1-2-14(12-16-5-9-18-10-6-16)19-13(1)11-15-3-7-17-8-4-15/h13-14H,1-12H2/t13-,14-/m0/s1. The van der Waals surface area contributed by atoms with Gasteiger partial charge in [0, 0.05) is 39.3 Å². The third kappa shape index (κ3) is 4.13. The summed E-state index contributed by atoms with van der Waals surface area (Å²) in [5.41, 5.74) is 0. The van der Waals surface area contributed by atoms with Crippen LogP contribution in [0, 0.1) is 0 Å². The second-order valence-electron chi connectivity index (χ2n) is 5.78. The summed E-state index contributed by atoms with van der Waals surface area (Å²) < 4.78 is 17.0. The van der Waals surface area contributed by atoms with E-state index in [1.165, 1.54) is 12.8 Å². The first-order chi connectivity index (χ1) is 9.40. The number of hydrogen-bond acceptors (Lipinski definition) is 5. The van der Waals surface area contributed by atoms with E-state index in [0.29, 0.717) is 12.2 Å². The topological polar surface area (TPSA) is 34.2 Å². The van der Waals surface area contributed by atoms with Gasteiger partial charge in [-0.05, 0) is 12.8 Å². The minimum absolute atomic E-state index is 0.434. The lowest BCUT2D eigenvalue weighted by atomic mass is 10.1. The Balaban J connectivity index is 1.37. The fraction of sp³-hybridized carbons (Fsp3) is 1.00. The highest BCUT2D eigenvalue weighted by Gasteiger charge is 2.29. The Labute approximate surface area is 115 Å². The first-order valence-electron chi connectivity index (χ1n) is 7.66. The molecule has 110 valence electrons. The van der Waals surface area contributed by atoms with Crippen molar-refractivity contribution >= 4 is 0 Å². The molecular weight excluding hydrogens is 244 g/mol. The number of nitrogens with zero attached hydrogens (tertiary/aromatic N) is 2. The van der Waals surface area contributed by atoms with Gasteiger partial charge in [-0.3, -0.25) is 9.80 Å². The van der Waals surface area contributed by atoms with Gasteiger partial charge in [0.2, 0.25) is 0 Å². The average molecular weight is 270 g/mol. The van der Waals surface area contributed by atoms with E-state index in [4.69, 9.17) is 14.2 Å². The quantitative estimate of drug-likeness (QED) is 0.729. The SMILES string of the molecule is C1CN(C[C@@H]2CC[C@@H](CN3CCOCC3)O2)CCO1. The van der Waals surface area contributed by atoms with Crippen molar-refractivity contribution in [1.29, 1.82) is 0 Å². The van der Waals surface area contributed by atoms with Crippen LogP contribution in [0.15, 0.2) is 0 Å². The van der Waals surface area contributed by atoms with Crippen LogP contribution in [0.2, 0.25) is 0 Å². The monoisotopic (exact) mass is 270 g/mol. The van der Waals surface area contributed by atoms with Crippen LogP contribution in [-0.2, 0) is 14.2 Å². The minimum atomic E-state index is 0.434. The van der Waals surface area contributed by atoms with Crippen molar-refractivity contribution < 1.29 is 14.2 Å². The summed E-state index contributed by atoms with van der Waals surface area (Å²) in [5, 5.41) is 0. The van der Waals surface area contributed by atoms with Crippen molar-refractivity contribution in [2.75, 3.05) is 65.7 Å². The molecular formula is C14H26N2O3. The van der Waals surface area contributed by atoms with Gasteiger partial charge in [0.25, 0.3) is 0 Å². The van der Waals surface area contributed by atoms with Crippen LogP contribution >= 0.6 is 0 Å². The van der Waals surface area contributed by atoms with Crippen molar-refractivity contribution in [3.05, 3.63) is 0 Å². The van der Waals surface area contributed by atoms with Crippen molar-refractivity contribution in [3.8, 4) is 0 Å². The summed E-state index contributed by atoms with van der Waals surface area (Å²) in [6, 6.07) is 0. The molecule has 3 saturated heterocycles. The first-order valence-corrected chi connectivity index (χ1v) is 7.66.